The van der Waals surface area contributed by atoms with Gasteiger partial charge in [0.2, 0.25) is 10.0 Å². The van der Waals surface area contributed by atoms with Crippen LogP contribution in [-0.2, 0) is 23.1 Å². The van der Waals surface area contributed by atoms with Crippen LogP contribution in [0.2, 0.25) is 0 Å². The third-order valence-electron chi connectivity index (χ3n) is 3.15. The molecule has 0 radical (unpaired) electrons. The number of benzene rings is 1. The largest absolute Gasteiger partial charge is 0.402 e. The van der Waals surface area contributed by atoms with Gasteiger partial charge in [-0.2, -0.15) is 17.5 Å². The Balaban J connectivity index is 2.33. The zero-order valence-electron chi connectivity index (χ0n) is 10.9. The molecule has 0 saturated heterocycles. The number of nitrogens with zero attached hydrogens (tertiary/aromatic N) is 1. The minimum absolute atomic E-state index is 0.0916. The van der Waals surface area contributed by atoms with Gasteiger partial charge in [-0.3, -0.25) is 0 Å². The van der Waals surface area contributed by atoms with Crippen molar-refractivity contribution >= 4 is 10.0 Å². The van der Waals surface area contributed by atoms with Gasteiger partial charge in [-0.1, -0.05) is 13.0 Å². The van der Waals surface area contributed by atoms with Crippen LogP contribution >= 0.6 is 0 Å². The van der Waals surface area contributed by atoms with E-state index < -0.39 is 22.7 Å². The predicted octanol–water partition coefficient (Wildman–Crippen LogP) is 1.86. The lowest BCUT2D eigenvalue weighted by molar-refractivity contribution is -0.135. The zero-order chi connectivity index (χ0) is 15.0. The Kier molecular flexibility index (Phi) is 4.08. The maximum Gasteiger partial charge on any atom is 0.402 e. The summed E-state index contributed by atoms with van der Waals surface area (Å²) in [5.74, 6) is 0. The molecule has 1 aromatic carbocycles. The number of hydrogen-bond acceptors (Lipinski definition) is 3. The van der Waals surface area contributed by atoms with Gasteiger partial charge < -0.3 is 5.32 Å². The normalized spacial score (nSPS) is 15.7. The van der Waals surface area contributed by atoms with Gasteiger partial charge in [0, 0.05) is 19.6 Å². The highest BCUT2D eigenvalue weighted by molar-refractivity contribution is 7.89. The van der Waals surface area contributed by atoms with Gasteiger partial charge in [-0.15, -0.1) is 0 Å². The molecule has 1 N–H and O–H groups in total. The second-order valence-corrected chi connectivity index (χ2v) is 6.52. The molecular formula is C12H15F3N2O2S. The molecule has 1 aromatic rings. The number of rotatable bonds is 4. The van der Waals surface area contributed by atoms with Crippen molar-refractivity contribution in [3.05, 3.63) is 29.3 Å². The lowest BCUT2D eigenvalue weighted by atomic mass is 10.1. The maximum absolute atomic E-state index is 12.4. The van der Waals surface area contributed by atoms with Gasteiger partial charge in [0.1, 0.15) is 6.54 Å². The fourth-order valence-corrected chi connectivity index (χ4v) is 3.63. The first-order valence-electron chi connectivity index (χ1n) is 6.13. The van der Waals surface area contributed by atoms with Crippen molar-refractivity contribution in [2.24, 2.45) is 0 Å². The number of halogens is 3. The molecule has 0 amide bonds. The molecule has 1 aliphatic heterocycles. The van der Waals surface area contributed by atoms with Crippen molar-refractivity contribution in [2.45, 2.75) is 31.1 Å². The summed E-state index contributed by atoms with van der Waals surface area (Å²) >= 11 is 0. The molecular weight excluding hydrogens is 293 g/mol. The van der Waals surface area contributed by atoms with E-state index in [0.717, 1.165) is 11.1 Å². The lowest BCUT2D eigenvalue weighted by Crippen LogP contribution is -2.38. The summed E-state index contributed by atoms with van der Waals surface area (Å²) in [6.07, 6.45) is -4.55. The Hall–Kier alpha value is -1.12. The number of alkyl halides is 3. The molecule has 4 nitrogen and oxygen atoms in total. The van der Waals surface area contributed by atoms with Gasteiger partial charge >= 0.3 is 6.18 Å². The molecule has 1 aliphatic rings. The summed E-state index contributed by atoms with van der Waals surface area (Å²) in [5, 5.41) is 3.06. The van der Waals surface area contributed by atoms with Crippen molar-refractivity contribution in [3.8, 4) is 0 Å². The van der Waals surface area contributed by atoms with Crippen molar-refractivity contribution < 1.29 is 21.6 Å². The Morgan fingerprint density at radius 3 is 2.50 bits per heavy atom. The van der Waals surface area contributed by atoms with E-state index in [0.29, 0.717) is 17.4 Å². The Labute approximate surface area is 115 Å². The van der Waals surface area contributed by atoms with Crippen LogP contribution in [0.3, 0.4) is 0 Å². The molecule has 0 saturated carbocycles. The number of hydrogen-bond donors (Lipinski definition) is 1. The topological polar surface area (TPSA) is 49.4 Å². The molecule has 1 heterocycles. The first-order chi connectivity index (χ1) is 9.24. The standard InChI is InChI=1S/C12H15F3N2O2S/c1-2-17(8-12(13,14)15)20(18,19)11-4-3-9-6-16-7-10(9)5-11/h3-5,16H,2,6-8H2,1H3. The summed E-state index contributed by atoms with van der Waals surface area (Å²) in [7, 11) is -4.12. The van der Waals surface area contributed by atoms with E-state index in [1.807, 2.05) is 0 Å². The summed E-state index contributed by atoms with van der Waals surface area (Å²) in [4.78, 5) is -0.0916. The minimum atomic E-state index is -4.55. The molecule has 0 bridgehead atoms. The first-order valence-corrected chi connectivity index (χ1v) is 7.57. The quantitative estimate of drug-likeness (QED) is 0.924. The van der Waals surface area contributed by atoms with Gasteiger partial charge in [-0.05, 0) is 23.3 Å². The van der Waals surface area contributed by atoms with Crippen molar-refractivity contribution in [2.75, 3.05) is 13.1 Å². The summed E-state index contributed by atoms with van der Waals surface area (Å²) in [6, 6.07) is 4.45. The molecule has 0 atom stereocenters. The van der Waals surface area contributed by atoms with Crippen LogP contribution in [0.1, 0.15) is 18.1 Å². The summed E-state index contributed by atoms with van der Waals surface area (Å²) in [6.45, 7) is 0.871. The highest BCUT2D eigenvalue weighted by Crippen LogP contribution is 2.25. The molecule has 112 valence electrons. The highest BCUT2D eigenvalue weighted by Gasteiger charge is 2.36. The first kappa shape index (κ1) is 15.3. The minimum Gasteiger partial charge on any atom is -0.309 e. The van der Waals surface area contributed by atoms with E-state index in [2.05, 4.69) is 5.32 Å². The van der Waals surface area contributed by atoms with Crippen LogP contribution in [0.5, 0.6) is 0 Å². The van der Waals surface area contributed by atoms with E-state index in [4.69, 9.17) is 0 Å². The Bertz CT molecular complexity index is 599. The number of nitrogens with one attached hydrogen (secondary N) is 1. The molecule has 2 rings (SSSR count). The summed E-state index contributed by atoms with van der Waals surface area (Å²) in [5.41, 5.74) is 1.79. The van der Waals surface area contributed by atoms with Crippen LogP contribution in [0.4, 0.5) is 13.2 Å². The molecule has 8 heteroatoms. The van der Waals surface area contributed by atoms with Gasteiger partial charge in [0.15, 0.2) is 0 Å². The Morgan fingerprint density at radius 2 is 1.90 bits per heavy atom. The number of fused-ring (bicyclic) bond motifs is 1. The predicted molar refractivity (Wildman–Crippen MR) is 67.5 cm³/mol. The van der Waals surface area contributed by atoms with Crippen molar-refractivity contribution in [3.63, 3.8) is 0 Å². The summed E-state index contributed by atoms with van der Waals surface area (Å²) < 4.78 is 62.3. The van der Waals surface area contributed by atoms with E-state index >= 15 is 0 Å². The molecule has 0 aliphatic carbocycles. The Morgan fingerprint density at radius 1 is 1.25 bits per heavy atom. The SMILES string of the molecule is CCN(CC(F)(F)F)S(=O)(=O)c1ccc2c(c1)CNC2. The van der Waals surface area contributed by atoms with E-state index in [9.17, 15) is 21.6 Å². The average molecular weight is 308 g/mol. The van der Waals surface area contributed by atoms with E-state index in [-0.39, 0.29) is 11.4 Å². The van der Waals surface area contributed by atoms with E-state index in [1.54, 1.807) is 6.07 Å². The monoisotopic (exact) mass is 308 g/mol. The fourth-order valence-electron chi connectivity index (χ4n) is 2.15. The molecule has 0 fully saturated rings. The van der Waals surface area contributed by atoms with Crippen LogP contribution in [0.25, 0.3) is 0 Å². The highest BCUT2D eigenvalue weighted by atomic mass is 32.2. The van der Waals surface area contributed by atoms with Crippen LogP contribution < -0.4 is 5.32 Å². The van der Waals surface area contributed by atoms with Crippen LogP contribution in [-0.4, -0.2) is 32.0 Å². The molecule has 20 heavy (non-hydrogen) atoms. The maximum atomic E-state index is 12.4. The lowest BCUT2D eigenvalue weighted by Gasteiger charge is -2.22. The van der Waals surface area contributed by atoms with Crippen LogP contribution in [0.15, 0.2) is 23.1 Å². The van der Waals surface area contributed by atoms with Gasteiger partial charge in [-0.25, -0.2) is 8.42 Å². The second-order valence-electron chi connectivity index (χ2n) is 4.58. The number of sulfonamides is 1. The third kappa shape index (κ3) is 3.13. The average Bonchev–Trinajstić information content (AvgIpc) is 2.81. The molecule has 0 unspecified atom stereocenters. The van der Waals surface area contributed by atoms with Crippen molar-refractivity contribution in [1.29, 1.82) is 0 Å². The second kappa shape index (κ2) is 5.34. The van der Waals surface area contributed by atoms with Crippen molar-refractivity contribution in [1.82, 2.24) is 9.62 Å². The van der Waals surface area contributed by atoms with Crippen LogP contribution in [0, 0.1) is 0 Å². The van der Waals surface area contributed by atoms with E-state index in [1.165, 1.54) is 19.1 Å². The van der Waals surface area contributed by atoms with Gasteiger partial charge in [0.05, 0.1) is 4.90 Å². The zero-order valence-corrected chi connectivity index (χ0v) is 11.7. The smallest absolute Gasteiger partial charge is 0.309 e. The third-order valence-corrected chi connectivity index (χ3v) is 5.07. The van der Waals surface area contributed by atoms with Gasteiger partial charge in [0.25, 0.3) is 0 Å². The molecule has 0 spiro atoms. The molecule has 0 aromatic heterocycles. The fraction of sp³-hybridized carbons (Fsp3) is 0.500.